The minimum atomic E-state index is -0.412. The third kappa shape index (κ3) is 3.58. The van der Waals surface area contributed by atoms with Crippen LogP contribution in [-0.4, -0.2) is 12.6 Å². The van der Waals surface area contributed by atoms with Gasteiger partial charge in [0.1, 0.15) is 5.75 Å². The van der Waals surface area contributed by atoms with E-state index in [2.05, 4.69) is 5.32 Å². The van der Waals surface area contributed by atoms with Crippen molar-refractivity contribution in [1.82, 2.24) is 5.32 Å². The first kappa shape index (κ1) is 13.1. The number of ether oxygens (including phenoxy) is 1. The zero-order valence-corrected chi connectivity index (χ0v) is 10.9. The number of benzene rings is 2. The fourth-order valence-electron chi connectivity index (χ4n) is 1.77. The van der Waals surface area contributed by atoms with Crippen molar-refractivity contribution in [1.29, 1.82) is 0 Å². The maximum absolute atomic E-state index is 11.6. The molecule has 0 radical (unpaired) electrons. The maximum Gasteiger partial charge on any atom is 0.412 e. The van der Waals surface area contributed by atoms with Crippen molar-refractivity contribution < 1.29 is 9.53 Å². The van der Waals surface area contributed by atoms with Gasteiger partial charge in [-0.2, -0.15) is 0 Å². The molecular formula is C16H17NO2. The predicted molar refractivity (Wildman–Crippen MR) is 76.2 cm³/mol. The van der Waals surface area contributed by atoms with Crippen LogP contribution in [0, 0.1) is 0 Å². The van der Waals surface area contributed by atoms with E-state index in [1.807, 2.05) is 55.5 Å². The Balaban J connectivity index is 2.20. The Morgan fingerprint density at radius 3 is 2.47 bits per heavy atom. The van der Waals surface area contributed by atoms with Gasteiger partial charge >= 0.3 is 6.09 Å². The van der Waals surface area contributed by atoms with Crippen LogP contribution in [0.2, 0.25) is 0 Å². The van der Waals surface area contributed by atoms with Crippen molar-refractivity contribution in [2.75, 3.05) is 6.54 Å². The van der Waals surface area contributed by atoms with Gasteiger partial charge in [-0.1, -0.05) is 55.5 Å². The second-order valence-electron chi connectivity index (χ2n) is 4.18. The molecule has 0 saturated heterocycles. The minimum absolute atomic E-state index is 0.412. The molecule has 0 fully saturated rings. The molecule has 3 heteroatoms. The van der Waals surface area contributed by atoms with Gasteiger partial charge in [-0.3, -0.25) is 0 Å². The minimum Gasteiger partial charge on any atom is -0.410 e. The zero-order valence-electron chi connectivity index (χ0n) is 10.9. The first-order chi connectivity index (χ1) is 9.31. The standard InChI is InChI=1S/C16H17NO2/c1-2-12-17-16(18)19-15-11-7-6-10-14(15)13-8-4-3-5-9-13/h3-11H,2,12H2,1H3,(H,17,18). The van der Waals surface area contributed by atoms with Crippen molar-refractivity contribution in [3.05, 3.63) is 54.6 Å². The molecule has 0 aliphatic heterocycles. The molecule has 0 heterocycles. The molecule has 0 saturated carbocycles. The molecule has 0 bridgehead atoms. The highest BCUT2D eigenvalue weighted by atomic mass is 16.6. The van der Waals surface area contributed by atoms with E-state index in [1.165, 1.54) is 0 Å². The maximum atomic E-state index is 11.6. The van der Waals surface area contributed by atoms with E-state index in [0.717, 1.165) is 17.5 Å². The van der Waals surface area contributed by atoms with Gasteiger partial charge < -0.3 is 10.1 Å². The van der Waals surface area contributed by atoms with Crippen LogP contribution in [0.15, 0.2) is 54.6 Å². The number of rotatable bonds is 4. The number of amides is 1. The van der Waals surface area contributed by atoms with E-state index in [0.29, 0.717) is 12.3 Å². The van der Waals surface area contributed by atoms with Gasteiger partial charge in [-0.05, 0) is 18.1 Å². The van der Waals surface area contributed by atoms with E-state index in [4.69, 9.17) is 4.74 Å². The van der Waals surface area contributed by atoms with Gasteiger partial charge in [-0.15, -0.1) is 0 Å². The molecule has 2 rings (SSSR count). The molecule has 0 atom stereocenters. The Labute approximate surface area is 113 Å². The van der Waals surface area contributed by atoms with Crippen LogP contribution in [0.4, 0.5) is 4.79 Å². The number of nitrogens with one attached hydrogen (secondary N) is 1. The number of hydrogen-bond donors (Lipinski definition) is 1. The highest BCUT2D eigenvalue weighted by molar-refractivity contribution is 5.76. The van der Waals surface area contributed by atoms with Gasteiger partial charge in [0, 0.05) is 12.1 Å². The lowest BCUT2D eigenvalue weighted by molar-refractivity contribution is 0.200. The number of hydrogen-bond acceptors (Lipinski definition) is 2. The molecule has 0 aliphatic carbocycles. The summed E-state index contributed by atoms with van der Waals surface area (Å²) < 4.78 is 5.35. The SMILES string of the molecule is CCCNC(=O)Oc1ccccc1-c1ccccc1. The summed E-state index contributed by atoms with van der Waals surface area (Å²) in [6, 6.07) is 17.4. The van der Waals surface area contributed by atoms with Gasteiger partial charge in [0.2, 0.25) is 0 Å². The van der Waals surface area contributed by atoms with Crippen LogP contribution in [-0.2, 0) is 0 Å². The van der Waals surface area contributed by atoms with Gasteiger partial charge in [0.15, 0.2) is 0 Å². The summed E-state index contributed by atoms with van der Waals surface area (Å²) in [5.41, 5.74) is 1.94. The van der Waals surface area contributed by atoms with Crippen molar-refractivity contribution in [2.45, 2.75) is 13.3 Å². The summed E-state index contributed by atoms with van der Waals surface area (Å²) in [5, 5.41) is 2.70. The summed E-state index contributed by atoms with van der Waals surface area (Å²) in [5.74, 6) is 0.572. The molecule has 1 amide bonds. The molecule has 2 aromatic carbocycles. The van der Waals surface area contributed by atoms with E-state index < -0.39 is 6.09 Å². The molecule has 2 aromatic rings. The lowest BCUT2D eigenvalue weighted by Crippen LogP contribution is -2.27. The summed E-state index contributed by atoms with van der Waals surface area (Å²) in [6.07, 6.45) is 0.473. The molecule has 0 unspecified atom stereocenters. The summed E-state index contributed by atoms with van der Waals surface area (Å²) >= 11 is 0. The normalized spacial score (nSPS) is 9.95. The van der Waals surface area contributed by atoms with Gasteiger partial charge in [0.05, 0.1) is 0 Å². The average Bonchev–Trinajstić information content (AvgIpc) is 2.46. The van der Waals surface area contributed by atoms with Crippen LogP contribution >= 0.6 is 0 Å². The fraction of sp³-hybridized carbons (Fsp3) is 0.188. The third-order valence-electron chi connectivity index (χ3n) is 2.69. The summed E-state index contributed by atoms with van der Waals surface area (Å²) in [6.45, 7) is 2.62. The first-order valence-electron chi connectivity index (χ1n) is 6.41. The molecule has 98 valence electrons. The van der Waals surface area contributed by atoms with E-state index in [1.54, 1.807) is 6.07 Å². The number of carbonyl (C=O) groups excluding carboxylic acids is 1. The fourth-order valence-corrected chi connectivity index (χ4v) is 1.77. The third-order valence-corrected chi connectivity index (χ3v) is 2.69. The Morgan fingerprint density at radius 2 is 1.74 bits per heavy atom. The van der Waals surface area contributed by atoms with Crippen molar-refractivity contribution in [3.63, 3.8) is 0 Å². The van der Waals surface area contributed by atoms with E-state index >= 15 is 0 Å². The largest absolute Gasteiger partial charge is 0.412 e. The smallest absolute Gasteiger partial charge is 0.410 e. The lowest BCUT2D eigenvalue weighted by Gasteiger charge is -2.10. The van der Waals surface area contributed by atoms with Crippen molar-refractivity contribution in [2.24, 2.45) is 0 Å². The second-order valence-corrected chi connectivity index (χ2v) is 4.18. The highest BCUT2D eigenvalue weighted by Gasteiger charge is 2.09. The second kappa shape index (κ2) is 6.59. The van der Waals surface area contributed by atoms with Crippen molar-refractivity contribution >= 4 is 6.09 Å². The van der Waals surface area contributed by atoms with Crippen LogP contribution < -0.4 is 10.1 Å². The summed E-state index contributed by atoms with van der Waals surface area (Å²) in [7, 11) is 0. The van der Waals surface area contributed by atoms with Gasteiger partial charge in [0.25, 0.3) is 0 Å². The Hall–Kier alpha value is -2.29. The molecule has 0 aliphatic rings. The monoisotopic (exact) mass is 255 g/mol. The van der Waals surface area contributed by atoms with Crippen LogP contribution in [0.5, 0.6) is 5.75 Å². The molecule has 0 aromatic heterocycles. The molecule has 0 spiro atoms. The molecular weight excluding hydrogens is 238 g/mol. The van der Waals surface area contributed by atoms with Gasteiger partial charge in [-0.25, -0.2) is 4.79 Å². The predicted octanol–water partition coefficient (Wildman–Crippen LogP) is 3.85. The first-order valence-corrected chi connectivity index (χ1v) is 6.41. The lowest BCUT2D eigenvalue weighted by atomic mass is 10.1. The number of para-hydroxylation sites is 1. The highest BCUT2D eigenvalue weighted by Crippen LogP contribution is 2.29. The zero-order chi connectivity index (χ0) is 13.5. The van der Waals surface area contributed by atoms with Crippen molar-refractivity contribution in [3.8, 4) is 16.9 Å². The Morgan fingerprint density at radius 1 is 1.05 bits per heavy atom. The van der Waals surface area contributed by atoms with Crippen LogP contribution in [0.1, 0.15) is 13.3 Å². The Bertz CT molecular complexity index is 537. The van der Waals surface area contributed by atoms with Crippen LogP contribution in [0.3, 0.4) is 0 Å². The van der Waals surface area contributed by atoms with Crippen LogP contribution in [0.25, 0.3) is 11.1 Å². The van der Waals surface area contributed by atoms with E-state index in [-0.39, 0.29) is 0 Å². The number of carbonyl (C=O) groups is 1. The quantitative estimate of drug-likeness (QED) is 0.901. The molecule has 19 heavy (non-hydrogen) atoms. The van der Waals surface area contributed by atoms with E-state index in [9.17, 15) is 4.79 Å². The molecule has 3 nitrogen and oxygen atoms in total. The summed E-state index contributed by atoms with van der Waals surface area (Å²) in [4.78, 5) is 11.6. The Kier molecular flexibility index (Phi) is 4.56. The molecule has 1 N–H and O–H groups in total. The average molecular weight is 255 g/mol. The topological polar surface area (TPSA) is 38.3 Å².